The summed E-state index contributed by atoms with van der Waals surface area (Å²) < 4.78 is 5.50. The monoisotopic (exact) mass is 398 g/mol. The lowest BCUT2D eigenvalue weighted by Gasteiger charge is -2.08. The topological polar surface area (TPSA) is 97.1 Å². The van der Waals surface area contributed by atoms with Crippen LogP contribution in [0.25, 0.3) is 11.5 Å². The summed E-state index contributed by atoms with van der Waals surface area (Å²) in [5.41, 5.74) is 3.14. The largest absolute Gasteiger partial charge is 0.403 e. The second-order valence-corrected chi connectivity index (χ2v) is 6.64. The molecule has 0 aliphatic heterocycles. The smallest absolute Gasteiger partial charge is 0.322 e. The number of benzene rings is 3. The van der Waals surface area contributed by atoms with Crippen LogP contribution in [0.1, 0.15) is 26.3 Å². The molecule has 0 saturated carbocycles. The van der Waals surface area contributed by atoms with Gasteiger partial charge in [-0.05, 0) is 49.4 Å². The predicted molar refractivity (Wildman–Crippen MR) is 113 cm³/mol. The molecular formula is C23H18N4O3. The Kier molecular flexibility index (Phi) is 5.34. The van der Waals surface area contributed by atoms with Crippen molar-refractivity contribution in [2.75, 3.05) is 10.6 Å². The van der Waals surface area contributed by atoms with E-state index in [1.807, 2.05) is 49.4 Å². The maximum absolute atomic E-state index is 12.6. The van der Waals surface area contributed by atoms with Crippen molar-refractivity contribution in [2.24, 2.45) is 0 Å². The van der Waals surface area contributed by atoms with Gasteiger partial charge in [-0.1, -0.05) is 47.1 Å². The van der Waals surface area contributed by atoms with Gasteiger partial charge in [-0.3, -0.25) is 14.9 Å². The summed E-state index contributed by atoms with van der Waals surface area (Å²) in [6, 6.07) is 23.1. The van der Waals surface area contributed by atoms with Gasteiger partial charge in [-0.25, -0.2) is 0 Å². The third kappa shape index (κ3) is 4.41. The second-order valence-electron chi connectivity index (χ2n) is 6.64. The van der Waals surface area contributed by atoms with Crippen molar-refractivity contribution in [3.63, 3.8) is 0 Å². The number of hydrogen-bond donors (Lipinski definition) is 2. The van der Waals surface area contributed by atoms with Gasteiger partial charge in [-0.2, -0.15) is 0 Å². The minimum absolute atomic E-state index is 0.00643. The standard InChI is InChI=1S/C23H18N4O3/c1-15-7-5-10-17(13-15)20(28)24-19-12-6-11-18(14-19)21(29)25-23-27-26-22(30-23)16-8-3-2-4-9-16/h2-14H,1H3,(H,24,28)(H,25,27,29). The van der Waals surface area contributed by atoms with E-state index in [0.29, 0.717) is 22.7 Å². The zero-order valence-electron chi connectivity index (χ0n) is 16.1. The number of nitrogens with zero attached hydrogens (tertiary/aromatic N) is 2. The molecular weight excluding hydrogens is 380 g/mol. The lowest BCUT2D eigenvalue weighted by Crippen LogP contribution is -2.15. The minimum atomic E-state index is -0.426. The average Bonchev–Trinajstić information content (AvgIpc) is 3.23. The van der Waals surface area contributed by atoms with E-state index in [-0.39, 0.29) is 11.9 Å². The van der Waals surface area contributed by atoms with Gasteiger partial charge < -0.3 is 9.73 Å². The molecule has 0 aliphatic carbocycles. The normalized spacial score (nSPS) is 10.4. The molecule has 3 aromatic carbocycles. The molecule has 7 heteroatoms. The molecule has 4 rings (SSSR count). The van der Waals surface area contributed by atoms with Crippen molar-refractivity contribution in [1.82, 2.24) is 10.2 Å². The van der Waals surface area contributed by atoms with E-state index < -0.39 is 5.91 Å². The number of carbonyl (C=O) groups excluding carboxylic acids is 2. The summed E-state index contributed by atoms with van der Waals surface area (Å²) in [6.07, 6.45) is 0. The predicted octanol–water partition coefficient (Wildman–Crippen LogP) is 4.55. The Morgan fingerprint density at radius 3 is 2.23 bits per heavy atom. The zero-order chi connectivity index (χ0) is 20.9. The molecule has 0 saturated heterocycles. The number of hydrogen-bond acceptors (Lipinski definition) is 5. The van der Waals surface area contributed by atoms with Crippen LogP contribution in [-0.4, -0.2) is 22.0 Å². The third-order valence-corrected chi connectivity index (χ3v) is 4.33. The molecule has 0 radical (unpaired) electrons. The number of rotatable bonds is 5. The van der Waals surface area contributed by atoms with Crippen molar-refractivity contribution < 1.29 is 14.0 Å². The molecule has 2 amide bonds. The number of aryl methyl sites for hydroxylation is 1. The first-order chi connectivity index (χ1) is 14.6. The van der Waals surface area contributed by atoms with Gasteiger partial charge in [0.25, 0.3) is 11.8 Å². The van der Waals surface area contributed by atoms with Gasteiger partial charge in [-0.15, -0.1) is 5.10 Å². The highest BCUT2D eigenvalue weighted by Crippen LogP contribution is 2.20. The lowest BCUT2D eigenvalue weighted by molar-refractivity contribution is 0.101. The highest BCUT2D eigenvalue weighted by molar-refractivity contribution is 6.07. The molecule has 0 bridgehead atoms. The SMILES string of the molecule is Cc1cccc(C(=O)Nc2cccc(C(=O)Nc3nnc(-c4ccccc4)o3)c2)c1. The van der Waals surface area contributed by atoms with Gasteiger partial charge in [0.1, 0.15) is 0 Å². The summed E-state index contributed by atoms with van der Waals surface area (Å²) in [5.74, 6) is -0.365. The van der Waals surface area contributed by atoms with Crippen molar-refractivity contribution >= 4 is 23.5 Å². The van der Waals surface area contributed by atoms with Crippen molar-refractivity contribution in [3.05, 3.63) is 95.6 Å². The van der Waals surface area contributed by atoms with Crippen LogP contribution in [0.5, 0.6) is 0 Å². The van der Waals surface area contributed by atoms with Crippen LogP contribution >= 0.6 is 0 Å². The van der Waals surface area contributed by atoms with Crippen LogP contribution < -0.4 is 10.6 Å². The molecule has 0 unspecified atom stereocenters. The van der Waals surface area contributed by atoms with Crippen LogP contribution in [0.15, 0.2) is 83.3 Å². The molecule has 0 spiro atoms. The first kappa shape index (κ1) is 19.1. The second kappa shape index (κ2) is 8.40. The number of carbonyl (C=O) groups is 2. The fourth-order valence-electron chi connectivity index (χ4n) is 2.87. The quantitative estimate of drug-likeness (QED) is 0.514. The summed E-state index contributed by atoms with van der Waals surface area (Å²) in [5, 5.41) is 13.2. The Hall–Kier alpha value is -4.26. The lowest BCUT2D eigenvalue weighted by atomic mass is 10.1. The fraction of sp³-hybridized carbons (Fsp3) is 0.0435. The van der Waals surface area contributed by atoms with E-state index in [1.165, 1.54) is 0 Å². The number of anilines is 2. The maximum atomic E-state index is 12.6. The average molecular weight is 398 g/mol. The molecule has 1 heterocycles. The van der Waals surface area contributed by atoms with E-state index in [0.717, 1.165) is 11.1 Å². The van der Waals surface area contributed by atoms with Crippen molar-refractivity contribution in [1.29, 1.82) is 0 Å². The molecule has 30 heavy (non-hydrogen) atoms. The Labute approximate surface area is 172 Å². The first-order valence-corrected chi connectivity index (χ1v) is 9.27. The maximum Gasteiger partial charge on any atom is 0.322 e. The van der Waals surface area contributed by atoms with E-state index in [2.05, 4.69) is 20.8 Å². The van der Waals surface area contributed by atoms with E-state index >= 15 is 0 Å². The van der Waals surface area contributed by atoms with E-state index in [4.69, 9.17) is 4.42 Å². The Morgan fingerprint density at radius 1 is 0.767 bits per heavy atom. The Balaban J connectivity index is 1.45. The summed E-state index contributed by atoms with van der Waals surface area (Å²) in [7, 11) is 0. The number of nitrogens with one attached hydrogen (secondary N) is 2. The third-order valence-electron chi connectivity index (χ3n) is 4.33. The van der Waals surface area contributed by atoms with Crippen LogP contribution in [0.4, 0.5) is 11.7 Å². The van der Waals surface area contributed by atoms with Gasteiger partial charge in [0.15, 0.2) is 0 Å². The van der Waals surface area contributed by atoms with Crippen LogP contribution in [-0.2, 0) is 0 Å². The van der Waals surface area contributed by atoms with Crippen molar-refractivity contribution in [2.45, 2.75) is 6.92 Å². The van der Waals surface area contributed by atoms with Crippen LogP contribution in [0.2, 0.25) is 0 Å². The number of amides is 2. The molecule has 0 fully saturated rings. The van der Waals surface area contributed by atoms with Crippen molar-refractivity contribution in [3.8, 4) is 11.5 Å². The molecule has 0 atom stereocenters. The Morgan fingerprint density at radius 2 is 1.47 bits per heavy atom. The summed E-state index contributed by atoms with van der Waals surface area (Å²) >= 11 is 0. The summed E-state index contributed by atoms with van der Waals surface area (Å²) in [4.78, 5) is 25.0. The van der Waals surface area contributed by atoms with Gasteiger partial charge >= 0.3 is 6.01 Å². The highest BCUT2D eigenvalue weighted by atomic mass is 16.4. The molecule has 2 N–H and O–H groups in total. The van der Waals surface area contributed by atoms with Crippen LogP contribution in [0, 0.1) is 6.92 Å². The molecule has 4 aromatic rings. The van der Waals surface area contributed by atoms with Gasteiger partial charge in [0.05, 0.1) is 0 Å². The van der Waals surface area contributed by atoms with E-state index in [9.17, 15) is 9.59 Å². The molecule has 0 aliphatic rings. The van der Waals surface area contributed by atoms with Gasteiger partial charge in [0.2, 0.25) is 5.89 Å². The number of aromatic nitrogens is 2. The van der Waals surface area contributed by atoms with Crippen LogP contribution in [0.3, 0.4) is 0 Å². The first-order valence-electron chi connectivity index (χ1n) is 9.27. The molecule has 7 nitrogen and oxygen atoms in total. The Bertz CT molecular complexity index is 1200. The fourth-order valence-corrected chi connectivity index (χ4v) is 2.87. The highest BCUT2D eigenvalue weighted by Gasteiger charge is 2.14. The summed E-state index contributed by atoms with van der Waals surface area (Å²) in [6.45, 7) is 1.92. The zero-order valence-corrected chi connectivity index (χ0v) is 16.1. The van der Waals surface area contributed by atoms with E-state index in [1.54, 1.807) is 36.4 Å². The van der Waals surface area contributed by atoms with Gasteiger partial charge in [0, 0.05) is 22.4 Å². The molecule has 1 aromatic heterocycles. The minimum Gasteiger partial charge on any atom is -0.403 e. The molecule has 148 valence electrons.